The van der Waals surface area contributed by atoms with Crippen molar-refractivity contribution in [3.63, 3.8) is 0 Å². The molecule has 1 heterocycles. The molecule has 2 aromatic carbocycles. The summed E-state index contributed by atoms with van der Waals surface area (Å²) in [4.78, 5) is 8.29. The maximum absolute atomic E-state index is 13.7. The highest BCUT2D eigenvalue weighted by atomic mass is 19.1. The molecular weight excluding hydrogens is 291 g/mol. The van der Waals surface area contributed by atoms with Crippen molar-refractivity contribution in [3.8, 4) is 0 Å². The molecule has 0 radical (unpaired) electrons. The van der Waals surface area contributed by atoms with Gasteiger partial charge in [0.1, 0.15) is 23.8 Å². The second-order valence-electron chi connectivity index (χ2n) is 5.23. The number of benzene rings is 2. The Morgan fingerprint density at radius 1 is 0.957 bits per heavy atom. The molecule has 5 heteroatoms. The first-order chi connectivity index (χ1) is 11.2. The van der Waals surface area contributed by atoms with Crippen LogP contribution in [0.3, 0.4) is 0 Å². The van der Waals surface area contributed by atoms with Crippen LogP contribution in [0.2, 0.25) is 0 Å². The standard InChI is InChI=1S/C18H17FN4/c1-13-6-8-14(9-7-13)11-20-17-10-18(22-12-21-17)23-16-5-3-2-4-15(16)19/h2-10,12H,11H2,1H3,(H2,20,21,22,23). The number of halogens is 1. The predicted molar refractivity (Wildman–Crippen MR) is 90.2 cm³/mol. The van der Waals surface area contributed by atoms with Gasteiger partial charge >= 0.3 is 0 Å². The molecule has 116 valence electrons. The summed E-state index contributed by atoms with van der Waals surface area (Å²) in [6.45, 7) is 2.72. The van der Waals surface area contributed by atoms with Gasteiger partial charge in [-0.15, -0.1) is 0 Å². The fourth-order valence-corrected chi connectivity index (χ4v) is 2.12. The minimum Gasteiger partial charge on any atom is -0.366 e. The van der Waals surface area contributed by atoms with Crippen LogP contribution in [0.1, 0.15) is 11.1 Å². The first-order valence-electron chi connectivity index (χ1n) is 7.34. The summed E-state index contributed by atoms with van der Waals surface area (Å²) >= 11 is 0. The molecule has 2 N–H and O–H groups in total. The van der Waals surface area contributed by atoms with Crippen LogP contribution in [-0.2, 0) is 6.54 Å². The van der Waals surface area contributed by atoms with Gasteiger partial charge in [0, 0.05) is 12.6 Å². The third-order valence-corrected chi connectivity index (χ3v) is 3.40. The summed E-state index contributed by atoms with van der Waals surface area (Å²) in [6.07, 6.45) is 1.45. The molecule has 0 aliphatic heterocycles. The SMILES string of the molecule is Cc1ccc(CNc2cc(Nc3ccccc3F)ncn2)cc1. The van der Waals surface area contributed by atoms with Crippen LogP contribution >= 0.6 is 0 Å². The Labute approximate surface area is 134 Å². The summed E-state index contributed by atoms with van der Waals surface area (Å²) in [5, 5.41) is 6.19. The van der Waals surface area contributed by atoms with Crippen LogP contribution in [0.15, 0.2) is 60.9 Å². The molecule has 0 fully saturated rings. The lowest BCUT2D eigenvalue weighted by Gasteiger charge is -2.09. The van der Waals surface area contributed by atoms with Gasteiger partial charge in [0.2, 0.25) is 0 Å². The maximum atomic E-state index is 13.7. The summed E-state index contributed by atoms with van der Waals surface area (Å²) in [5.41, 5.74) is 2.78. The topological polar surface area (TPSA) is 49.8 Å². The molecule has 0 spiro atoms. The zero-order valence-corrected chi connectivity index (χ0v) is 12.8. The number of aromatic nitrogens is 2. The molecular formula is C18H17FN4. The number of nitrogens with one attached hydrogen (secondary N) is 2. The number of hydrogen-bond acceptors (Lipinski definition) is 4. The van der Waals surface area contributed by atoms with E-state index in [0.717, 1.165) is 5.56 Å². The highest BCUT2D eigenvalue weighted by Crippen LogP contribution is 2.19. The molecule has 0 atom stereocenters. The third kappa shape index (κ3) is 4.03. The predicted octanol–water partition coefficient (Wildman–Crippen LogP) is 4.28. The quantitative estimate of drug-likeness (QED) is 0.738. The van der Waals surface area contributed by atoms with Gasteiger partial charge in [0.15, 0.2) is 0 Å². The number of rotatable bonds is 5. The number of anilines is 3. The highest BCUT2D eigenvalue weighted by Gasteiger charge is 2.03. The molecule has 0 saturated heterocycles. The molecule has 0 amide bonds. The summed E-state index contributed by atoms with van der Waals surface area (Å²) < 4.78 is 13.7. The van der Waals surface area contributed by atoms with Crippen LogP contribution in [-0.4, -0.2) is 9.97 Å². The average molecular weight is 308 g/mol. The Morgan fingerprint density at radius 2 is 1.70 bits per heavy atom. The first kappa shape index (κ1) is 15.0. The van der Waals surface area contributed by atoms with E-state index in [1.807, 2.05) is 0 Å². The van der Waals surface area contributed by atoms with Gasteiger partial charge in [0.25, 0.3) is 0 Å². The van der Waals surface area contributed by atoms with E-state index in [1.165, 1.54) is 18.0 Å². The molecule has 1 aromatic heterocycles. The van der Waals surface area contributed by atoms with E-state index >= 15 is 0 Å². The van der Waals surface area contributed by atoms with E-state index in [-0.39, 0.29) is 5.82 Å². The molecule has 0 unspecified atom stereocenters. The second-order valence-corrected chi connectivity index (χ2v) is 5.23. The van der Waals surface area contributed by atoms with Gasteiger partial charge in [-0.25, -0.2) is 14.4 Å². The Kier molecular flexibility index (Phi) is 4.47. The van der Waals surface area contributed by atoms with Crippen LogP contribution < -0.4 is 10.6 Å². The van der Waals surface area contributed by atoms with Gasteiger partial charge in [-0.05, 0) is 24.6 Å². The lowest BCUT2D eigenvalue weighted by atomic mass is 10.1. The maximum Gasteiger partial charge on any atom is 0.146 e. The van der Waals surface area contributed by atoms with Crippen molar-refractivity contribution >= 4 is 17.3 Å². The van der Waals surface area contributed by atoms with E-state index in [2.05, 4.69) is 51.8 Å². The minimum atomic E-state index is -0.319. The van der Waals surface area contributed by atoms with Crippen LogP contribution in [0.5, 0.6) is 0 Å². The van der Waals surface area contributed by atoms with Crippen molar-refractivity contribution in [1.29, 1.82) is 0 Å². The Balaban J connectivity index is 1.67. The molecule has 3 rings (SSSR count). The molecule has 23 heavy (non-hydrogen) atoms. The average Bonchev–Trinajstić information content (AvgIpc) is 2.57. The van der Waals surface area contributed by atoms with Crippen molar-refractivity contribution in [2.75, 3.05) is 10.6 Å². The van der Waals surface area contributed by atoms with Crippen molar-refractivity contribution in [2.45, 2.75) is 13.5 Å². The summed E-state index contributed by atoms with van der Waals surface area (Å²) in [5.74, 6) is 0.899. The van der Waals surface area contributed by atoms with Crippen molar-refractivity contribution in [2.24, 2.45) is 0 Å². The molecule has 0 bridgehead atoms. The number of hydrogen-bond donors (Lipinski definition) is 2. The molecule has 3 aromatic rings. The van der Waals surface area contributed by atoms with Crippen LogP contribution in [0.4, 0.5) is 21.7 Å². The lowest BCUT2D eigenvalue weighted by Crippen LogP contribution is -2.03. The smallest absolute Gasteiger partial charge is 0.146 e. The van der Waals surface area contributed by atoms with E-state index in [0.29, 0.717) is 23.9 Å². The molecule has 4 nitrogen and oxygen atoms in total. The first-order valence-corrected chi connectivity index (χ1v) is 7.34. The van der Waals surface area contributed by atoms with Crippen molar-refractivity contribution < 1.29 is 4.39 Å². The third-order valence-electron chi connectivity index (χ3n) is 3.40. The zero-order valence-electron chi connectivity index (χ0n) is 12.8. The largest absolute Gasteiger partial charge is 0.366 e. The lowest BCUT2D eigenvalue weighted by molar-refractivity contribution is 0.632. The van der Waals surface area contributed by atoms with Gasteiger partial charge in [0.05, 0.1) is 5.69 Å². The van der Waals surface area contributed by atoms with Crippen molar-refractivity contribution in [1.82, 2.24) is 9.97 Å². The number of aryl methyl sites for hydroxylation is 1. The zero-order chi connectivity index (χ0) is 16.1. The molecule has 0 saturated carbocycles. The fourth-order valence-electron chi connectivity index (χ4n) is 2.12. The van der Waals surface area contributed by atoms with E-state index in [9.17, 15) is 4.39 Å². The van der Waals surface area contributed by atoms with Gasteiger partial charge in [-0.3, -0.25) is 0 Å². The number of para-hydroxylation sites is 1. The fraction of sp³-hybridized carbons (Fsp3) is 0.111. The Morgan fingerprint density at radius 3 is 2.48 bits per heavy atom. The van der Waals surface area contributed by atoms with Gasteiger partial charge < -0.3 is 10.6 Å². The van der Waals surface area contributed by atoms with Crippen LogP contribution in [0, 0.1) is 12.7 Å². The normalized spacial score (nSPS) is 10.3. The summed E-state index contributed by atoms with van der Waals surface area (Å²) in [7, 11) is 0. The molecule has 0 aliphatic rings. The Bertz CT molecular complexity index is 787. The van der Waals surface area contributed by atoms with Crippen LogP contribution in [0.25, 0.3) is 0 Å². The molecule has 0 aliphatic carbocycles. The highest BCUT2D eigenvalue weighted by molar-refractivity contribution is 5.59. The monoisotopic (exact) mass is 308 g/mol. The van der Waals surface area contributed by atoms with E-state index in [1.54, 1.807) is 24.3 Å². The summed E-state index contributed by atoms with van der Waals surface area (Å²) in [6, 6.07) is 16.5. The van der Waals surface area contributed by atoms with Gasteiger partial charge in [-0.1, -0.05) is 42.0 Å². The Hall–Kier alpha value is -2.95. The second kappa shape index (κ2) is 6.87. The van der Waals surface area contributed by atoms with Gasteiger partial charge in [-0.2, -0.15) is 0 Å². The van der Waals surface area contributed by atoms with E-state index in [4.69, 9.17) is 0 Å². The number of nitrogens with zero attached hydrogens (tertiary/aromatic N) is 2. The van der Waals surface area contributed by atoms with E-state index < -0.39 is 0 Å². The minimum absolute atomic E-state index is 0.319. The van der Waals surface area contributed by atoms with Crippen molar-refractivity contribution in [3.05, 3.63) is 77.9 Å².